The van der Waals surface area contributed by atoms with E-state index in [9.17, 15) is 9.18 Å². The zero-order valence-electron chi connectivity index (χ0n) is 17.2. The van der Waals surface area contributed by atoms with Crippen LogP contribution in [0.1, 0.15) is 25.2 Å². The third-order valence-electron chi connectivity index (χ3n) is 5.27. The fraction of sp³-hybridized carbons (Fsp3) is 0.136. The van der Waals surface area contributed by atoms with Crippen LogP contribution < -0.4 is 10.9 Å². The number of benzene rings is 2. The standard InChI is InChI=1S/C22H16Cl2FN7O/c1-2-15(30-20-17-19(27-9-26-17)28-10-29-20)21-31-16-7-6-11(25)8-12(16)22(33)32(21)18-13(23)4-3-5-14(18)24/h3-10,15H,2H2,1H3,(H2,26,27,28,29,30)/t15-/m0/s1. The van der Waals surface area contributed by atoms with Crippen molar-refractivity contribution in [2.75, 3.05) is 5.32 Å². The number of nitrogens with one attached hydrogen (secondary N) is 2. The molecule has 2 aromatic carbocycles. The van der Waals surface area contributed by atoms with Crippen molar-refractivity contribution in [2.45, 2.75) is 19.4 Å². The van der Waals surface area contributed by atoms with Gasteiger partial charge in [-0.3, -0.25) is 9.36 Å². The minimum absolute atomic E-state index is 0.114. The molecule has 8 nitrogen and oxygen atoms in total. The molecule has 0 unspecified atom stereocenters. The first-order valence-electron chi connectivity index (χ1n) is 10.0. The third kappa shape index (κ3) is 3.69. The molecule has 33 heavy (non-hydrogen) atoms. The molecule has 0 spiro atoms. The van der Waals surface area contributed by atoms with E-state index in [1.54, 1.807) is 18.2 Å². The highest BCUT2D eigenvalue weighted by atomic mass is 35.5. The second-order valence-electron chi connectivity index (χ2n) is 7.27. The molecule has 166 valence electrons. The van der Waals surface area contributed by atoms with Crippen molar-refractivity contribution in [3.63, 3.8) is 0 Å². The second-order valence-corrected chi connectivity index (χ2v) is 8.09. The number of H-pyrrole nitrogens is 1. The lowest BCUT2D eigenvalue weighted by Crippen LogP contribution is -2.29. The molecule has 0 aliphatic rings. The van der Waals surface area contributed by atoms with E-state index in [0.717, 1.165) is 6.07 Å². The number of hydrogen-bond donors (Lipinski definition) is 2. The molecule has 0 amide bonds. The molecule has 0 aliphatic carbocycles. The predicted octanol–water partition coefficient (Wildman–Crippen LogP) is 5.06. The zero-order valence-corrected chi connectivity index (χ0v) is 18.7. The van der Waals surface area contributed by atoms with E-state index in [0.29, 0.717) is 34.7 Å². The number of rotatable bonds is 5. The minimum Gasteiger partial charge on any atom is -0.358 e. The summed E-state index contributed by atoms with van der Waals surface area (Å²) in [4.78, 5) is 33.9. The highest BCUT2D eigenvalue weighted by Crippen LogP contribution is 2.32. The minimum atomic E-state index is -0.543. The van der Waals surface area contributed by atoms with Crippen LogP contribution in [0.15, 0.2) is 53.8 Å². The van der Waals surface area contributed by atoms with Crippen molar-refractivity contribution in [2.24, 2.45) is 0 Å². The van der Waals surface area contributed by atoms with E-state index < -0.39 is 17.4 Å². The van der Waals surface area contributed by atoms with Crippen molar-refractivity contribution in [3.05, 3.63) is 81.1 Å². The average Bonchev–Trinajstić information content (AvgIpc) is 3.29. The van der Waals surface area contributed by atoms with Gasteiger partial charge in [-0.25, -0.2) is 24.3 Å². The van der Waals surface area contributed by atoms with Gasteiger partial charge in [0.2, 0.25) is 0 Å². The Kier molecular flexibility index (Phi) is 5.43. The number of imidazole rings is 1. The van der Waals surface area contributed by atoms with Gasteiger partial charge in [0.1, 0.15) is 23.5 Å². The second kappa shape index (κ2) is 8.42. The van der Waals surface area contributed by atoms with Crippen LogP contribution in [-0.2, 0) is 0 Å². The van der Waals surface area contributed by atoms with Crippen LogP contribution in [0.4, 0.5) is 10.2 Å². The first-order chi connectivity index (χ1) is 16.0. The van der Waals surface area contributed by atoms with Gasteiger partial charge < -0.3 is 10.3 Å². The van der Waals surface area contributed by atoms with Crippen LogP contribution in [0.2, 0.25) is 10.0 Å². The summed E-state index contributed by atoms with van der Waals surface area (Å²) in [5, 5.41) is 3.96. The summed E-state index contributed by atoms with van der Waals surface area (Å²) < 4.78 is 15.3. The van der Waals surface area contributed by atoms with Crippen LogP contribution in [0, 0.1) is 5.82 Å². The average molecular weight is 484 g/mol. The zero-order chi connectivity index (χ0) is 23.1. The first kappa shape index (κ1) is 21.3. The highest BCUT2D eigenvalue weighted by Gasteiger charge is 2.24. The number of hydrogen-bond acceptors (Lipinski definition) is 6. The molecule has 0 radical (unpaired) electrons. The van der Waals surface area contributed by atoms with E-state index in [1.165, 1.54) is 29.4 Å². The highest BCUT2D eigenvalue weighted by molar-refractivity contribution is 6.37. The Morgan fingerprint density at radius 2 is 1.94 bits per heavy atom. The summed E-state index contributed by atoms with van der Waals surface area (Å²) >= 11 is 12.9. The molecule has 0 fully saturated rings. The topological polar surface area (TPSA) is 101 Å². The van der Waals surface area contributed by atoms with E-state index >= 15 is 0 Å². The summed E-state index contributed by atoms with van der Waals surface area (Å²) in [7, 11) is 0. The summed E-state index contributed by atoms with van der Waals surface area (Å²) in [5.41, 5.74) is 1.25. The van der Waals surface area contributed by atoms with Crippen LogP contribution >= 0.6 is 23.2 Å². The Morgan fingerprint density at radius 1 is 1.15 bits per heavy atom. The van der Waals surface area contributed by atoms with E-state index in [1.807, 2.05) is 6.92 Å². The van der Waals surface area contributed by atoms with E-state index in [4.69, 9.17) is 28.2 Å². The number of aromatic nitrogens is 6. The van der Waals surface area contributed by atoms with Gasteiger partial charge >= 0.3 is 0 Å². The van der Waals surface area contributed by atoms with Gasteiger partial charge in [-0.2, -0.15) is 0 Å². The van der Waals surface area contributed by atoms with Gasteiger partial charge in [0.05, 0.1) is 39.0 Å². The number of fused-ring (bicyclic) bond motifs is 2. The molecule has 2 N–H and O–H groups in total. The SMILES string of the molecule is CC[C@H](Nc1ncnc2nc[nH]c12)c1nc2ccc(F)cc2c(=O)n1-c1c(Cl)cccc1Cl. The first-order valence-corrected chi connectivity index (χ1v) is 10.8. The molecule has 5 rings (SSSR count). The lowest BCUT2D eigenvalue weighted by atomic mass is 10.1. The maximum absolute atomic E-state index is 14.0. The normalized spacial score (nSPS) is 12.4. The smallest absolute Gasteiger partial charge is 0.266 e. The van der Waals surface area contributed by atoms with Crippen molar-refractivity contribution < 1.29 is 4.39 Å². The molecule has 1 atom stereocenters. The molecule has 0 saturated heterocycles. The summed E-state index contributed by atoms with van der Waals surface area (Å²) in [5.74, 6) is 0.302. The van der Waals surface area contributed by atoms with Crippen LogP contribution in [-0.4, -0.2) is 29.5 Å². The van der Waals surface area contributed by atoms with E-state index in [2.05, 4.69) is 25.3 Å². The quantitative estimate of drug-likeness (QED) is 0.362. The maximum Gasteiger partial charge on any atom is 0.266 e. The van der Waals surface area contributed by atoms with Crippen LogP contribution in [0.25, 0.3) is 27.8 Å². The number of para-hydroxylation sites is 1. The van der Waals surface area contributed by atoms with Crippen molar-refractivity contribution in [3.8, 4) is 5.69 Å². The Balaban J connectivity index is 1.78. The fourth-order valence-electron chi connectivity index (χ4n) is 3.72. The molecule has 0 bridgehead atoms. The Hall–Kier alpha value is -3.56. The number of aromatic amines is 1. The number of nitrogens with zero attached hydrogens (tertiary/aromatic N) is 5. The van der Waals surface area contributed by atoms with Crippen molar-refractivity contribution in [1.29, 1.82) is 0 Å². The van der Waals surface area contributed by atoms with Gasteiger partial charge in [0.15, 0.2) is 11.5 Å². The molecule has 3 heterocycles. The van der Waals surface area contributed by atoms with Gasteiger partial charge in [0, 0.05) is 0 Å². The van der Waals surface area contributed by atoms with Crippen LogP contribution in [0.5, 0.6) is 0 Å². The monoisotopic (exact) mass is 483 g/mol. The molecular formula is C22H16Cl2FN7O. The lowest BCUT2D eigenvalue weighted by Gasteiger charge is -2.23. The van der Waals surface area contributed by atoms with Crippen LogP contribution in [0.3, 0.4) is 0 Å². The summed E-state index contributed by atoms with van der Waals surface area (Å²) in [6.45, 7) is 1.93. The Bertz CT molecular complexity index is 1550. The molecule has 11 heteroatoms. The third-order valence-corrected chi connectivity index (χ3v) is 5.88. The fourth-order valence-corrected chi connectivity index (χ4v) is 4.28. The Labute approximate surface area is 196 Å². The number of anilines is 1. The van der Waals surface area contributed by atoms with Gasteiger partial charge in [0.25, 0.3) is 5.56 Å². The molecular weight excluding hydrogens is 468 g/mol. The summed E-state index contributed by atoms with van der Waals surface area (Å²) in [6.07, 6.45) is 3.45. The van der Waals surface area contributed by atoms with E-state index in [-0.39, 0.29) is 21.1 Å². The molecule has 0 aliphatic heterocycles. The molecule has 0 saturated carbocycles. The largest absolute Gasteiger partial charge is 0.358 e. The maximum atomic E-state index is 14.0. The molecule has 5 aromatic rings. The van der Waals surface area contributed by atoms with Gasteiger partial charge in [-0.15, -0.1) is 0 Å². The van der Waals surface area contributed by atoms with Gasteiger partial charge in [-0.1, -0.05) is 36.2 Å². The van der Waals surface area contributed by atoms with Crippen molar-refractivity contribution in [1.82, 2.24) is 29.5 Å². The Morgan fingerprint density at radius 3 is 2.70 bits per heavy atom. The summed E-state index contributed by atoms with van der Waals surface area (Å²) in [6, 6.07) is 8.34. The van der Waals surface area contributed by atoms with Gasteiger partial charge in [-0.05, 0) is 36.8 Å². The lowest BCUT2D eigenvalue weighted by molar-refractivity contribution is 0.628. The van der Waals surface area contributed by atoms with Crippen molar-refractivity contribution >= 4 is 51.1 Å². The predicted molar refractivity (Wildman–Crippen MR) is 126 cm³/mol. The molecule has 3 aromatic heterocycles. The number of halogens is 3.